The molecule has 0 saturated carbocycles. The molecule has 2 aromatic rings. The van der Waals surface area contributed by atoms with Gasteiger partial charge in [-0.25, -0.2) is 9.78 Å². The fourth-order valence-electron chi connectivity index (χ4n) is 6.92. The number of halogens is 1. The van der Waals surface area contributed by atoms with Gasteiger partial charge in [-0.2, -0.15) is 6.26 Å². The molecule has 2 fully saturated rings. The Balaban J connectivity index is 0. The van der Waals surface area contributed by atoms with Gasteiger partial charge in [-0.3, -0.25) is 19.3 Å². The number of carbonyl (C=O) groups is 4. The largest absolute Gasteiger partial charge is 1.00 e. The van der Waals surface area contributed by atoms with E-state index in [4.69, 9.17) is 25.8 Å². The van der Waals surface area contributed by atoms with E-state index in [0.29, 0.717) is 37.8 Å². The van der Waals surface area contributed by atoms with Crippen LogP contribution in [-0.4, -0.2) is 159 Å². The molecule has 2 aliphatic heterocycles. The topological polar surface area (TPSA) is 146 Å². The van der Waals surface area contributed by atoms with E-state index >= 15 is 0 Å². The van der Waals surface area contributed by atoms with Crippen LogP contribution in [0.5, 0.6) is 0 Å². The average molecular weight is 1050 g/mol. The van der Waals surface area contributed by atoms with Crippen molar-refractivity contribution in [3.05, 3.63) is 83.7 Å². The molecular weight excluding hydrogens is 965 g/mol. The first kappa shape index (κ1) is 70.5. The van der Waals surface area contributed by atoms with E-state index in [1.54, 1.807) is 57.3 Å². The number of piperidine rings is 1. The number of likely N-dealkylation sites (N-methyl/N-ethyl adjacent to an activating group) is 1. The summed E-state index contributed by atoms with van der Waals surface area (Å²) in [7, 11) is 1.76. The van der Waals surface area contributed by atoms with Gasteiger partial charge < -0.3 is 52.2 Å². The van der Waals surface area contributed by atoms with Crippen LogP contribution in [0, 0.1) is 5.92 Å². The van der Waals surface area contributed by atoms with Crippen LogP contribution in [0.3, 0.4) is 0 Å². The summed E-state index contributed by atoms with van der Waals surface area (Å²) in [5.74, 6) is -1.12. The Labute approximate surface area is 482 Å². The number of aryl methyl sites for hydroxylation is 1. The number of likely N-dealkylation sites (tertiary alicyclic amines) is 1. The Morgan fingerprint density at radius 3 is 2.13 bits per heavy atom. The van der Waals surface area contributed by atoms with E-state index in [2.05, 4.69) is 65.1 Å². The second kappa shape index (κ2) is 41.7. The van der Waals surface area contributed by atoms with Crippen LogP contribution in [0.2, 0.25) is 0 Å². The fourth-order valence-corrected chi connectivity index (χ4v) is 6.99. The molecule has 1 aromatic heterocycles. The van der Waals surface area contributed by atoms with Crippen molar-refractivity contribution in [3.8, 4) is 11.1 Å². The van der Waals surface area contributed by atoms with Crippen LogP contribution >= 0.6 is 11.6 Å². The summed E-state index contributed by atoms with van der Waals surface area (Å²) in [6.07, 6.45) is 9.92. The minimum atomic E-state index is -0.786. The van der Waals surface area contributed by atoms with Gasteiger partial charge in [0.25, 0.3) is 5.91 Å². The summed E-state index contributed by atoms with van der Waals surface area (Å²) in [5.41, 5.74) is 3.27. The first-order chi connectivity index (χ1) is 33.5. The molecule has 0 spiro atoms. The molecule has 0 aliphatic carbocycles. The van der Waals surface area contributed by atoms with Crippen LogP contribution in [-0.2, 0) is 42.8 Å². The van der Waals surface area contributed by atoms with E-state index in [1.807, 2.05) is 65.0 Å². The molecule has 1 atom stereocenters. The van der Waals surface area contributed by atoms with Crippen molar-refractivity contribution in [2.45, 2.75) is 107 Å². The predicted octanol–water partition coefficient (Wildman–Crippen LogP) is 6.63. The molecule has 2 saturated heterocycles. The number of pyridine rings is 1. The number of piperazine rings is 1. The number of rotatable bonds is 22. The number of hydrogen-bond acceptors (Lipinski definition) is 11. The van der Waals surface area contributed by atoms with Crippen molar-refractivity contribution in [1.82, 2.24) is 29.9 Å². The minimum Gasteiger partial charge on any atom is -0.796 e. The number of hydrogen-bond donors (Lipinski definition) is 2. The number of allylic oxidation sites excluding steroid dienone is 4. The molecular formula is C54H89ClKN7O7S. The van der Waals surface area contributed by atoms with Gasteiger partial charge in [0.2, 0.25) is 11.8 Å². The van der Waals surface area contributed by atoms with Crippen LogP contribution < -0.4 is 62.0 Å². The average Bonchev–Trinajstić information content (AvgIpc) is 3.36. The maximum Gasteiger partial charge on any atom is 1.00 e. The monoisotopic (exact) mass is 1050 g/mol. The maximum absolute atomic E-state index is 13.7. The molecule has 1 unspecified atom stereocenters. The van der Waals surface area contributed by atoms with Crippen LogP contribution in [0.25, 0.3) is 11.1 Å². The van der Waals surface area contributed by atoms with E-state index < -0.39 is 23.5 Å². The molecule has 4 amide bonds. The van der Waals surface area contributed by atoms with Gasteiger partial charge in [-0.15, -0.1) is 0 Å². The zero-order valence-corrected chi connectivity index (χ0v) is 50.6. The SMILES string of the molecule is C=C(Cl)/C=C\C(=C)CC.CC.CC.CCc1cccc(-c2cnc(C(=O)NCCOCCOCCCN3CCN(CC)CC3)c(NC(=O)CN(CC3CCN(C)C(=O)C3)C(=O)OC(C)(C)C)c2)c1.C[S-].[K+]. The summed E-state index contributed by atoms with van der Waals surface area (Å²) >= 11 is 9.54. The summed E-state index contributed by atoms with van der Waals surface area (Å²) < 4.78 is 17.1. The first-order valence-corrected chi connectivity index (χ1v) is 26.3. The molecule has 3 heterocycles. The summed E-state index contributed by atoms with van der Waals surface area (Å²) in [6.45, 7) is 36.0. The van der Waals surface area contributed by atoms with E-state index in [1.165, 1.54) is 4.90 Å². The van der Waals surface area contributed by atoms with E-state index in [-0.39, 0.29) is 107 Å². The van der Waals surface area contributed by atoms with Crippen molar-refractivity contribution in [3.63, 3.8) is 0 Å². The van der Waals surface area contributed by atoms with Crippen molar-refractivity contribution >= 4 is 53.7 Å². The summed E-state index contributed by atoms with van der Waals surface area (Å²) in [6, 6.07) is 9.71. The Morgan fingerprint density at radius 2 is 1.55 bits per heavy atom. The Morgan fingerprint density at radius 1 is 0.915 bits per heavy atom. The molecule has 396 valence electrons. The molecule has 2 aliphatic rings. The van der Waals surface area contributed by atoms with Crippen molar-refractivity contribution in [2.75, 3.05) is 110 Å². The van der Waals surface area contributed by atoms with E-state index in [9.17, 15) is 19.2 Å². The van der Waals surface area contributed by atoms with Crippen molar-refractivity contribution in [1.29, 1.82) is 0 Å². The zero-order chi connectivity index (χ0) is 53.1. The Kier molecular flexibility index (Phi) is 41.4. The minimum absolute atomic E-state index is 0. The number of anilines is 1. The van der Waals surface area contributed by atoms with Gasteiger partial charge in [0, 0.05) is 89.2 Å². The number of nitrogens with one attached hydrogen (secondary N) is 2. The zero-order valence-electron chi connectivity index (χ0n) is 45.9. The van der Waals surface area contributed by atoms with Gasteiger partial charge >= 0.3 is 57.5 Å². The smallest absolute Gasteiger partial charge is 0.796 e. The Bertz CT molecular complexity index is 1880. The molecule has 17 heteroatoms. The second-order valence-corrected chi connectivity index (χ2v) is 17.6. The number of ether oxygens (including phenoxy) is 3. The molecule has 0 bridgehead atoms. The molecule has 0 radical (unpaired) electrons. The number of nitrogens with zero attached hydrogens (tertiary/aromatic N) is 5. The van der Waals surface area contributed by atoms with Gasteiger partial charge in [0.1, 0.15) is 12.1 Å². The van der Waals surface area contributed by atoms with Crippen molar-refractivity contribution < 1.29 is 84.8 Å². The third-order valence-electron chi connectivity index (χ3n) is 10.8. The Hall–Kier alpha value is -2.61. The molecule has 1 aromatic carbocycles. The molecule has 2 N–H and O–H groups in total. The van der Waals surface area contributed by atoms with E-state index in [0.717, 1.165) is 80.8 Å². The first-order valence-electron chi connectivity index (χ1n) is 25.1. The normalized spacial score (nSPS) is 14.6. The maximum atomic E-state index is 13.7. The quantitative estimate of drug-likeness (QED) is 0.0568. The fraction of sp³-hybridized carbons (Fsp3) is 0.611. The molecule has 4 rings (SSSR count). The van der Waals surface area contributed by atoms with Crippen molar-refractivity contribution in [2.24, 2.45) is 5.92 Å². The van der Waals surface area contributed by atoms with Gasteiger partial charge in [-0.1, -0.05) is 109 Å². The number of aromatic nitrogens is 1. The standard InChI is InChI=1S/C41H63N7O7.C8H11Cl.2C2H6.CH4S.K/c1-7-31-11-9-12-33(25-31)34-27-35(44-36(49)30-48(40(52)55-41(3,4)5)29-32-13-16-45(6)37(50)26-32)38(43-28-34)39(51)42-14-22-54-24-23-53-21-10-15-47-19-17-46(8-2)18-20-47;1-4-7(2)5-6-8(3)9;3*1-2;/h9,11-12,25,27-28,32H,7-8,10,13-24,26,29-30H2,1-6H3,(H,42,51)(H,44,49);5-6H,2-4H2,1H3;2*1-2H3;2H,1H3;/q;;;;;+1/p-1/b;6-5-;;;;. The van der Waals surface area contributed by atoms with Gasteiger partial charge in [0.15, 0.2) is 5.69 Å². The number of benzene rings is 1. The van der Waals surface area contributed by atoms with Gasteiger partial charge in [-0.05, 0) is 82.2 Å². The summed E-state index contributed by atoms with van der Waals surface area (Å²) in [5, 5.41) is 6.24. The number of amides is 4. The predicted molar refractivity (Wildman–Crippen MR) is 293 cm³/mol. The van der Waals surface area contributed by atoms with Crippen LogP contribution in [0.4, 0.5) is 10.5 Å². The third kappa shape index (κ3) is 31.0. The van der Waals surface area contributed by atoms with Crippen LogP contribution in [0.15, 0.2) is 72.4 Å². The molecule has 14 nitrogen and oxygen atoms in total. The van der Waals surface area contributed by atoms with Gasteiger partial charge in [0.05, 0.1) is 25.5 Å². The van der Waals surface area contributed by atoms with Crippen LogP contribution in [0.1, 0.15) is 111 Å². The number of carbonyl (C=O) groups excluding carboxylic acids is 4. The third-order valence-corrected chi connectivity index (χ3v) is 10.9. The molecule has 71 heavy (non-hydrogen) atoms. The summed E-state index contributed by atoms with van der Waals surface area (Å²) in [4.78, 5) is 65.3. The second-order valence-electron chi connectivity index (χ2n) is 17.2.